The van der Waals surface area contributed by atoms with Crippen molar-refractivity contribution >= 4 is 12.0 Å². The molecule has 1 rings (SSSR count). The van der Waals surface area contributed by atoms with Crippen molar-refractivity contribution in [2.24, 2.45) is 0 Å². The predicted molar refractivity (Wildman–Crippen MR) is 59.8 cm³/mol. The van der Waals surface area contributed by atoms with E-state index in [9.17, 15) is 4.79 Å². The molecule has 4 heteroatoms. The Balaban J connectivity index is 2.64. The molecule has 0 aliphatic heterocycles. The second kappa shape index (κ2) is 5.92. The number of hydrogen-bond donors (Lipinski definition) is 1. The zero-order valence-corrected chi connectivity index (χ0v) is 9.21. The summed E-state index contributed by atoms with van der Waals surface area (Å²) in [5.41, 5.74) is 0.850. The van der Waals surface area contributed by atoms with E-state index < -0.39 is 12.3 Å². The quantitative estimate of drug-likeness (QED) is 0.477. The SMILES string of the molecule is COC(=O)/C=C/c1ccc(OC(C)O)cc1. The van der Waals surface area contributed by atoms with Crippen LogP contribution in [0.2, 0.25) is 0 Å². The molecule has 0 saturated carbocycles. The first kappa shape index (κ1) is 12.3. The lowest BCUT2D eigenvalue weighted by molar-refractivity contribution is -0.134. The van der Waals surface area contributed by atoms with Gasteiger partial charge in [-0.15, -0.1) is 0 Å². The zero-order chi connectivity index (χ0) is 12.0. The third-order valence-corrected chi connectivity index (χ3v) is 1.80. The molecule has 0 aliphatic rings. The second-order valence-corrected chi connectivity index (χ2v) is 3.14. The Morgan fingerprint density at radius 3 is 2.50 bits per heavy atom. The maximum absolute atomic E-state index is 10.8. The Hall–Kier alpha value is -1.81. The molecule has 1 aromatic rings. The lowest BCUT2D eigenvalue weighted by Gasteiger charge is -2.07. The van der Waals surface area contributed by atoms with E-state index in [0.717, 1.165) is 5.56 Å². The number of esters is 1. The third kappa shape index (κ3) is 4.14. The Morgan fingerprint density at radius 1 is 1.38 bits per heavy atom. The minimum Gasteiger partial charge on any atom is -0.466 e. The topological polar surface area (TPSA) is 55.8 Å². The lowest BCUT2D eigenvalue weighted by atomic mass is 10.2. The molecule has 0 heterocycles. The molecular formula is C12H14O4. The average molecular weight is 222 g/mol. The van der Waals surface area contributed by atoms with E-state index in [4.69, 9.17) is 9.84 Å². The molecule has 0 bridgehead atoms. The number of benzene rings is 1. The predicted octanol–water partition coefficient (Wildman–Crippen LogP) is 1.59. The molecule has 1 atom stereocenters. The van der Waals surface area contributed by atoms with Crippen LogP contribution in [-0.4, -0.2) is 24.5 Å². The Bertz CT molecular complexity index is 365. The van der Waals surface area contributed by atoms with Gasteiger partial charge in [-0.2, -0.15) is 0 Å². The first-order valence-electron chi connectivity index (χ1n) is 4.82. The van der Waals surface area contributed by atoms with E-state index in [2.05, 4.69) is 4.74 Å². The van der Waals surface area contributed by atoms with Gasteiger partial charge in [0.25, 0.3) is 0 Å². The maximum atomic E-state index is 10.8. The standard InChI is InChI=1S/C12H14O4/c1-9(13)16-11-6-3-10(4-7-11)5-8-12(14)15-2/h3-9,13H,1-2H3/b8-5+. The van der Waals surface area contributed by atoms with Gasteiger partial charge in [0, 0.05) is 6.08 Å². The van der Waals surface area contributed by atoms with Crippen LogP contribution in [0.25, 0.3) is 6.08 Å². The summed E-state index contributed by atoms with van der Waals surface area (Å²) in [6, 6.07) is 6.97. The van der Waals surface area contributed by atoms with Crippen molar-refractivity contribution in [3.63, 3.8) is 0 Å². The number of hydrogen-bond acceptors (Lipinski definition) is 4. The maximum Gasteiger partial charge on any atom is 0.330 e. The van der Waals surface area contributed by atoms with E-state index in [1.807, 2.05) is 0 Å². The molecule has 1 N–H and O–H groups in total. The van der Waals surface area contributed by atoms with Crippen molar-refractivity contribution in [2.75, 3.05) is 7.11 Å². The molecule has 1 unspecified atom stereocenters. The number of carbonyl (C=O) groups is 1. The fraction of sp³-hybridized carbons (Fsp3) is 0.250. The van der Waals surface area contributed by atoms with Gasteiger partial charge in [-0.25, -0.2) is 4.79 Å². The van der Waals surface area contributed by atoms with Crippen LogP contribution < -0.4 is 4.74 Å². The largest absolute Gasteiger partial charge is 0.466 e. The monoisotopic (exact) mass is 222 g/mol. The summed E-state index contributed by atoms with van der Waals surface area (Å²) in [6.45, 7) is 1.53. The van der Waals surface area contributed by atoms with Crippen LogP contribution in [0.3, 0.4) is 0 Å². The van der Waals surface area contributed by atoms with Crippen LogP contribution in [0.1, 0.15) is 12.5 Å². The van der Waals surface area contributed by atoms with Gasteiger partial charge in [0.15, 0.2) is 6.29 Å². The summed E-state index contributed by atoms with van der Waals surface area (Å²) in [5.74, 6) is 0.175. The third-order valence-electron chi connectivity index (χ3n) is 1.80. The minimum atomic E-state index is -0.837. The van der Waals surface area contributed by atoms with Crippen molar-refractivity contribution in [1.82, 2.24) is 0 Å². The van der Waals surface area contributed by atoms with Crippen molar-refractivity contribution in [1.29, 1.82) is 0 Å². The normalized spacial score (nSPS) is 12.4. The summed E-state index contributed by atoms with van der Waals surface area (Å²) in [5, 5.41) is 8.99. The highest BCUT2D eigenvalue weighted by atomic mass is 16.6. The highest BCUT2D eigenvalue weighted by molar-refractivity contribution is 5.86. The summed E-state index contributed by atoms with van der Waals surface area (Å²) < 4.78 is 9.52. The van der Waals surface area contributed by atoms with Crippen LogP contribution in [0.15, 0.2) is 30.3 Å². The summed E-state index contributed by atoms with van der Waals surface area (Å²) in [7, 11) is 1.33. The fourth-order valence-electron chi connectivity index (χ4n) is 1.09. The average Bonchev–Trinajstić information content (AvgIpc) is 2.27. The molecule has 0 aliphatic carbocycles. The lowest BCUT2D eigenvalue weighted by Crippen LogP contribution is -2.09. The van der Waals surface area contributed by atoms with Crippen molar-refractivity contribution in [3.05, 3.63) is 35.9 Å². The van der Waals surface area contributed by atoms with Gasteiger partial charge in [-0.1, -0.05) is 12.1 Å². The highest BCUT2D eigenvalue weighted by Gasteiger charge is 1.98. The van der Waals surface area contributed by atoms with Gasteiger partial charge < -0.3 is 14.6 Å². The molecular weight excluding hydrogens is 208 g/mol. The molecule has 86 valence electrons. The van der Waals surface area contributed by atoms with Crippen molar-refractivity contribution in [3.8, 4) is 5.75 Å². The number of aliphatic hydroxyl groups excluding tert-OH is 1. The Labute approximate surface area is 94.1 Å². The molecule has 0 aromatic heterocycles. The molecule has 16 heavy (non-hydrogen) atoms. The molecule has 0 fully saturated rings. The van der Waals surface area contributed by atoms with E-state index in [1.165, 1.54) is 20.1 Å². The minimum absolute atomic E-state index is 0.399. The van der Waals surface area contributed by atoms with Gasteiger partial charge in [0.2, 0.25) is 0 Å². The van der Waals surface area contributed by atoms with E-state index in [1.54, 1.807) is 30.3 Å². The summed E-state index contributed by atoms with van der Waals surface area (Å²) >= 11 is 0. The van der Waals surface area contributed by atoms with Crippen LogP contribution in [-0.2, 0) is 9.53 Å². The Morgan fingerprint density at radius 2 is 2.00 bits per heavy atom. The van der Waals surface area contributed by atoms with Crippen molar-refractivity contribution in [2.45, 2.75) is 13.2 Å². The van der Waals surface area contributed by atoms with E-state index in [-0.39, 0.29) is 0 Å². The van der Waals surface area contributed by atoms with Gasteiger partial charge in [0.1, 0.15) is 5.75 Å². The van der Waals surface area contributed by atoms with Crippen LogP contribution in [0.4, 0.5) is 0 Å². The second-order valence-electron chi connectivity index (χ2n) is 3.14. The van der Waals surface area contributed by atoms with Crippen LogP contribution in [0, 0.1) is 0 Å². The molecule has 4 nitrogen and oxygen atoms in total. The molecule has 0 spiro atoms. The van der Waals surface area contributed by atoms with Gasteiger partial charge in [0.05, 0.1) is 7.11 Å². The number of aliphatic hydroxyl groups is 1. The van der Waals surface area contributed by atoms with Gasteiger partial charge in [-0.05, 0) is 30.7 Å². The van der Waals surface area contributed by atoms with Crippen LogP contribution in [0.5, 0.6) is 5.75 Å². The van der Waals surface area contributed by atoms with Gasteiger partial charge in [-0.3, -0.25) is 0 Å². The highest BCUT2D eigenvalue weighted by Crippen LogP contribution is 2.14. The first-order valence-corrected chi connectivity index (χ1v) is 4.82. The van der Waals surface area contributed by atoms with Gasteiger partial charge >= 0.3 is 5.97 Å². The van der Waals surface area contributed by atoms with Crippen molar-refractivity contribution < 1.29 is 19.4 Å². The van der Waals surface area contributed by atoms with Crippen LogP contribution >= 0.6 is 0 Å². The molecule has 0 saturated heterocycles. The Kier molecular flexibility index (Phi) is 4.54. The number of methoxy groups -OCH3 is 1. The number of ether oxygens (including phenoxy) is 2. The molecule has 0 radical (unpaired) electrons. The number of rotatable bonds is 4. The first-order chi connectivity index (χ1) is 7.61. The summed E-state index contributed by atoms with van der Waals surface area (Å²) in [6.07, 6.45) is 2.14. The smallest absolute Gasteiger partial charge is 0.330 e. The van der Waals surface area contributed by atoms with E-state index in [0.29, 0.717) is 5.75 Å². The van der Waals surface area contributed by atoms with E-state index >= 15 is 0 Å². The molecule has 1 aromatic carbocycles. The fourth-order valence-corrected chi connectivity index (χ4v) is 1.09. The number of carbonyl (C=O) groups excluding carboxylic acids is 1. The zero-order valence-electron chi connectivity index (χ0n) is 9.21. The summed E-state index contributed by atoms with van der Waals surface area (Å²) in [4.78, 5) is 10.8. The molecule has 0 amide bonds.